The van der Waals surface area contributed by atoms with Gasteiger partial charge in [0.15, 0.2) is 0 Å². The van der Waals surface area contributed by atoms with Crippen molar-refractivity contribution in [3.8, 4) is 0 Å². The van der Waals surface area contributed by atoms with Crippen LogP contribution >= 0.6 is 0 Å². The smallest absolute Gasteiger partial charge is 0.306 e. The molecule has 0 bridgehead atoms. The minimum Gasteiger partial charge on any atom is -0.481 e. The van der Waals surface area contributed by atoms with Gasteiger partial charge in [0.1, 0.15) is 0 Å². The summed E-state index contributed by atoms with van der Waals surface area (Å²) in [4.78, 5) is 11.3. The zero-order chi connectivity index (χ0) is 24.3. The Labute approximate surface area is 199 Å². The van der Waals surface area contributed by atoms with E-state index in [1.54, 1.807) is 6.92 Å². The molecule has 0 aliphatic heterocycles. The van der Waals surface area contributed by atoms with Gasteiger partial charge in [0, 0.05) is 5.41 Å². The molecule has 0 spiro atoms. The maximum absolute atomic E-state index is 11.6. The summed E-state index contributed by atoms with van der Waals surface area (Å²) < 4.78 is 0. The summed E-state index contributed by atoms with van der Waals surface area (Å²) in [6.45, 7) is 10.5. The van der Waals surface area contributed by atoms with Crippen molar-refractivity contribution in [1.29, 1.82) is 0 Å². The summed E-state index contributed by atoms with van der Waals surface area (Å²) in [5, 5.41) is 42.6. The largest absolute Gasteiger partial charge is 0.481 e. The molecular formula is C28H46O5. The Morgan fingerprint density at radius 3 is 2.30 bits per heavy atom. The number of carboxylic acids is 1. The van der Waals surface area contributed by atoms with Gasteiger partial charge < -0.3 is 20.4 Å². The number of carboxylic acid groups (broad SMARTS) is 1. The normalized spacial score (nSPS) is 50.2. The van der Waals surface area contributed by atoms with Gasteiger partial charge in [-0.05, 0) is 91.8 Å². The van der Waals surface area contributed by atoms with Gasteiger partial charge in [-0.25, -0.2) is 0 Å². The number of aliphatic hydroxyl groups is 3. The third-order valence-corrected chi connectivity index (χ3v) is 11.4. The van der Waals surface area contributed by atoms with Gasteiger partial charge in [0.05, 0.1) is 24.2 Å². The van der Waals surface area contributed by atoms with E-state index in [-0.39, 0.29) is 40.8 Å². The summed E-state index contributed by atoms with van der Waals surface area (Å²) >= 11 is 0. The molecule has 4 fully saturated rings. The van der Waals surface area contributed by atoms with E-state index < -0.39 is 18.0 Å². The highest BCUT2D eigenvalue weighted by Gasteiger charge is 2.65. The summed E-state index contributed by atoms with van der Waals surface area (Å²) in [5.74, 6) is 0.546. The van der Waals surface area contributed by atoms with E-state index in [4.69, 9.17) is 0 Å². The molecule has 33 heavy (non-hydrogen) atoms. The van der Waals surface area contributed by atoms with Crippen molar-refractivity contribution in [2.45, 2.75) is 97.9 Å². The highest BCUT2D eigenvalue weighted by atomic mass is 16.4. The van der Waals surface area contributed by atoms with E-state index >= 15 is 0 Å². The molecule has 5 nitrogen and oxygen atoms in total. The van der Waals surface area contributed by atoms with E-state index in [1.807, 2.05) is 13.0 Å². The maximum Gasteiger partial charge on any atom is 0.306 e. The second-order valence-electron chi connectivity index (χ2n) is 12.8. The molecule has 188 valence electrons. The minimum atomic E-state index is -0.769. The zero-order valence-electron chi connectivity index (χ0n) is 21.2. The zero-order valence-corrected chi connectivity index (χ0v) is 21.2. The predicted octanol–water partition coefficient (Wildman–Crippen LogP) is 4.50. The van der Waals surface area contributed by atoms with Crippen molar-refractivity contribution < 1.29 is 25.2 Å². The summed E-state index contributed by atoms with van der Waals surface area (Å²) in [5.41, 5.74) is -0.137. The maximum atomic E-state index is 11.6. The predicted molar refractivity (Wildman–Crippen MR) is 128 cm³/mol. The standard InChI is InChI=1S/C28H46O5/c1-15(17(3)26(32)33)6-7-16(2)20-8-9-21-25-22(14-24(31)28(20,21)5)27(4)11-10-19(29)12-18(27)13-23(25)30/h6-7,15-25,29-31H,8-14H2,1-5H3,(H,32,33)/b7-6+/t15-,16+,17+,18-,19+,20+,21-,22-,23+,24-,25-,27-,28+/m0/s1. The number of carbonyl (C=O) groups is 1. The molecule has 4 aliphatic rings. The topological polar surface area (TPSA) is 98.0 Å². The second kappa shape index (κ2) is 8.95. The van der Waals surface area contributed by atoms with Crippen molar-refractivity contribution in [2.75, 3.05) is 0 Å². The quantitative estimate of drug-likeness (QED) is 0.451. The van der Waals surface area contributed by atoms with E-state index in [1.165, 1.54) is 0 Å². The molecule has 0 aromatic rings. The Kier molecular flexibility index (Phi) is 6.83. The van der Waals surface area contributed by atoms with Crippen molar-refractivity contribution in [3.63, 3.8) is 0 Å². The van der Waals surface area contributed by atoms with Crippen LogP contribution in [0.4, 0.5) is 0 Å². The van der Waals surface area contributed by atoms with E-state index in [9.17, 15) is 25.2 Å². The van der Waals surface area contributed by atoms with Gasteiger partial charge in [0.25, 0.3) is 0 Å². The fraction of sp³-hybridized carbons (Fsp3) is 0.893. The van der Waals surface area contributed by atoms with Gasteiger partial charge in [-0.2, -0.15) is 0 Å². The Morgan fingerprint density at radius 1 is 0.939 bits per heavy atom. The van der Waals surface area contributed by atoms with Crippen LogP contribution in [0.3, 0.4) is 0 Å². The molecule has 0 unspecified atom stereocenters. The van der Waals surface area contributed by atoms with E-state index in [2.05, 4.69) is 26.8 Å². The first kappa shape index (κ1) is 25.2. The molecule has 0 aromatic heterocycles. The van der Waals surface area contributed by atoms with Crippen molar-refractivity contribution in [3.05, 3.63) is 12.2 Å². The van der Waals surface area contributed by atoms with Crippen molar-refractivity contribution >= 4 is 5.97 Å². The summed E-state index contributed by atoms with van der Waals surface area (Å²) in [6.07, 6.45) is 9.46. The van der Waals surface area contributed by atoms with Crippen LogP contribution in [-0.4, -0.2) is 44.7 Å². The fourth-order valence-electron chi connectivity index (χ4n) is 8.94. The number of hydrogen-bond donors (Lipinski definition) is 4. The number of allylic oxidation sites excluding steroid dienone is 2. The molecular weight excluding hydrogens is 416 g/mol. The Balaban J connectivity index is 1.56. The minimum absolute atomic E-state index is 0.0330. The summed E-state index contributed by atoms with van der Waals surface area (Å²) in [7, 11) is 0. The molecule has 4 rings (SSSR count). The highest BCUT2D eigenvalue weighted by Crippen LogP contribution is 2.68. The molecule has 4 aliphatic carbocycles. The number of aliphatic hydroxyl groups excluding tert-OH is 3. The van der Waals surface area contributed by atoms with E-state index in [0.717, 1.165) is 44.9 Å². The van der Waals surface area contributed by atoms with Crippen LogP contribution in [0.1, 0.15) is 79.6 Å². The number of hydrogen-bond acceptors (Lipinski definition) is 4. The van der Waals surface area contributed by atoms with Crippen molar-refractivity contribution in [1.82, 2.24) is 0 Å². The molecule has 0 aromatic carbocycles. The number of rotatable bonds is 5. The van der Waals surface area contributed by atoms with Gasteiger partial charge >= 0.3 is 5.97 Å². The highest BCUT2D eigenvalue weighted by molar-refractivity contribution is 5.70. The lowest BCUT2D eigenvalue weighted by atomic mass is 9.43. The van der Waals surface area contributed by atoms with Crippen LogP contribution in [0.2, 0.25) is 0 Å². The lowest BCUT2D eigenvalue weighted by molar-refractivity contribution is -0.206. The first-order valence-corrected chi connectivity index (χ1v) is 13.4. The average molecular weight is 463 g/mol. The molecule has 4 N–H and O–H groups in total. The first-order chi connectivity index (χ1) is 15.4. The fourth-order valence-corrected chi connectivity index (χ4v) is 8.94. The SMILES string of the molecule is C[C@H](/C=C/[C@H](C)[C@@H](C)C(=O)O)[C@H]1CC[C@H]2[C@@H]3[C@H](O)C[C@@H]4C[C@H](O)CC[C@]4(C)[C@H]3C[C@H](O)[C@]12C. The van der Waals surface area contributed by atoms with Crippen LogP contribution < -0.4 is 0 Å². The number of aliphatic carboxylic acids is 1. The van der Waals surface area contributed by atoms with E-state index in [0.29, 0.717) is 23.7 Å². The van der Waals surface area contributed by atoms with Crippen LogP contribution in [0.5, 0.6) is 0 Å². The van der Waals surface area contributed by atoms with Crippen LogP contribution in [0, 0.1) is 58.2 Å². The third-order valence-electron chi connectivity index (χ3n) is 11.4. The van der Waals surface area contributed by atoms with Gasteiger partial charge in [-0.15, -0.1) is 0 Å². The second-order valence-corrected chi connectivity index (χ2v) is 12.8. The monoisotopic (exact) mass is 462 g/mol. The van der Waals surface area contributed by atoms with Gasteiger partial charge in [-0.1, -0.05) is 46.8 Å². The lowest BCUT2D eigenvalue weighted by Crippen LogP contribution is -2.62. The molecule has 0 radical (unpaired) electrons. The number of fused-ring (bicyclic) bond motifs is 5. The molecule has 13 atom stereocenters. The molecule has 0 heterocycles. The Morgan fingerprint density at radius 2 is 1.64 bits per heavy atom. The van der Waals surface area contributed by atoms with Gasteiger partial charge in [0.2, 0.25) is 0 Å². The summed E-state index contributed by atoms with van der Waals surface area (Å²) in [6, 6.07) is 0. The van der Waals surface area contributed by atoms with Crippen LogP contribution in [-0.2, 0) is 4.79 Å². The first-order valence-electron chi connectivity index (χ1n) is 13.4. The van der Waals surface area contributed by atoms with Gasteiger partial charge in [-0.3, -0.25) is 4.79 Å². The van der Waals surface area contributed by atoms with Crippen molar-refractivity contribution in [2.24, 2.45) is 58.2 Å². The Bertz CT molecular complexity index is 765. The molecule has 0 amide bonds. The molecule has 0 saturated heterocycles. The molecule has 4 saturated carbocycles. The third kappa shape index (κ3) is 4.00. The molecule has 5 heteroatoms. The van der Waals surface area contributed by atoms with Crippen LogP contribution in [0.15, 0.2) is 12.2 Å². The average Bonchev–Trinajstić information content (AvgIpc) is 3.11. The van der Waals surface area contributed by atoms with Crippen LogP contribution in [0.25, 0.3) is 0 Å². The Hall–Kier alpha value is -0.910. The lowest BCUT2D eigenvalue weighted by Gasteiger charge is -2.63.